The highest BCUT2D eigenvalue weighted by molar-refractivity contribution is 5.78. The fourth-order valence-electron chi connectivity index (χ4n) is 1.92. The summed E-state index contributed by atoms with van der Waals surface area (Å²) in [6.07, 6.45) is 10.6. The molecule has 3 nitrogen and oxygen atoms in total. The number of unbranched alkanes of at least 4 members (excludes halogenated alkanes) is 4. The number of hydrogen-bond acceptors (Lipinski definition) is 1. The van der Waals surface area contributed by atoms with Gasteiger partial charge in [0, 0.05) is 12.6 Å². The van der Waals surface area contributed by atoms with E-state index in [2.05, 4.69) is 24.2 Å². The molecule has 1 atom stereocenters. The first-order valence-electron chi connectivity index (χ1n) is 7.28. The lowest BCUT2D eigenvalue weighted by molar-refractivity contribution is 0.494. The zero-order valence-electron chi connectivity index (χ0n) is 11.5. The topological polar surface area (TPSA) is 50.4 Å². The average Bonchev–Trinajstić information content (AvgIpc) is 3.10. The smallest absolute Gasteiger partial charge is 0.188 e. The third-order valence-electron chi connectivity index (χ3n) is 3.30. The first-order chi connectivity index (χ1) is 8.22. The lowest BCUT2D eigenvalue weighted by atomic mass is 10.0. The molecule has 0 radical (unpaired) electrons. The van der Waals surface area contributed by atoms with Gasteiger partial charge in [-0.05, 0) is 25.2 Å². The maximum absolute atomic E-state index is 5.80. The molecule has 0 saturated heterocycles. The van der Waals surface area contributed by atoms with Gasteiger partial charge in [-0.2, -0.15) is 0 Å². The SMILES string of the molecule is CCCCCCCC(C)CN=C(N)NC1CC1. The van der Waals surface area contributed by atoms with Crippen LogP contribution in [0.25, 0.3) is 0 Å². The average molecular weight is 239 g/mol. The first-order valence-corrected chi connectivity index (χ1v) is 7.28. The normalized spacial score (nSPS) is 18.1. The summed E-state index contributed by atoms with van der Waals surface area (Å²) in [4.78, 5) is 4.40. The van der Waals surface area contributed by atoms with Gasteiger partial charge in [0.15, 0.2) is 5.96 Å². The minimum atomic E-state index is 0.614. The van der Waals surface area contributed by atoms with Crippen LogP contribution in [0, 0.1) is 5.92 Å². The number of hydrogen-bond donors (Lipinski definition) is 2. The minimum Gasteiger partial charge on any atom is -0.370 e. The van der Waals surface area contributed by atoms with E-state index in [0.717, 1.165) is 6.54 Å². The standard InChI is InChI=1S/C14H29N3/c1-3-4-5-6-7-8-12(2)11-16-14(15)17-13-9-10-13/h12-13H,3-11H2,1-2H3,(H3,15,16,17). The Morgan fingerprint density at radius 2 is 2.00 bits per heavy atom. The Hall–Kier alpha value is -0.730. The Labute approximate surface area is 106 Å². The molecule has 17 heavy (non-hydrogen) atoms. The second-order valence-electron chi connectivity index (χ2n) is 5.45. The molecule has 1 unspecified atom stereocenters. The van der Waals surface area contributed by atoms with Crippen LogP contribution in [0.3, 0.4) is 0 Å². The highest BCUT2D eigenvalue weighted by Gasteiger charge is 2.21. The summed E-state index contributed by atoms with van der Waals surface area (Å²) >= 11 is 0. The molecule has 0 spiro atoms. The van der Waals surface area contributed by atoms with Crippen LogP contribution < -0.4 is 11.1 Å². The Balaban J connectivity index is 1.97. The van der Waals surface area contributed by atoms with Crippen molar-refractivity contribution in [3.05, 3.63) is 0 Å². The molecule has 0 aromatic heterocycles. The maximum atomic E-state index is 5.80. The summed E-state index contributed by atoms with van der Waals surface area (Å²) < 4.78 is 0. The number of nitrogens with zero attached hydrogens (tertiary/aromatic N) is 1. The van der Waals surface area contributed by atoms with Gasteiger partial charge in [0.2, 0.25) is 0 Å². The predicted molar refractivity (Wildman–Crippen MR) is 75.2 cm³/mol. The quantitative estimate of drug-likeness (QED) is 0.369. The second kappa shape index (κ2) is 8.37. The third kappa shape index (κ3) is 8.06. The zero-order chi connectivity index (χ0) is 12.5. The van der Waals surface area contributed by atoms with E-state index < -0.39 is 0 Å². The van der Waals surface area contributed by atoms with E-state index in [1.807, 2.05) is 0 Å². The van der Waals surface area contributed by atoms with Crippen LogP contribution in [0.2, 0.25) is 0 Å². The van der Waals surface area contributed by atoms with Crippen LogP contribution in [0.5, 0.6) is 0 Å². The van der Waals surface area contributed by atoms with Gasteiger partial charge in [0.1, 0.15) is 0 Å². The molecule has 0 aliphatic heterocycles. The molecule has 1 saturated carbocycles. The van der Waals surface area contributed by atoms with Gasteiger partial charge in [-0.1, -0.05) is 46.0 Å². The third-order valence-corrected chi connectivity index (χ3v) is 3.30. The van der Waals surface area contributed by atoms with Crippen molar-refractivity contribution in [3.63, 3.8) is 0 Å². The van der Waals surface area contributed by atoms with Gasteiger partial charge in [0.25, 0.3) is 0 Å². The number of rotatable bonds is 9. The summed E-state index contributed by atoms with van der Waals surface area (Å²) in [6, 6.07) is 0.614. The molecule has 0 bridgehead atoms. The van der Waals surface area contributed by atoms with Gasteiger partial charge >= 0.3 is 0 Å². The van der Waals surface area contributed by atoms with Gasteiger partial charge in [-0.3, -0.25) is 4.99 Å². The molecule has 3 heteroatoms. The fraction of sp³-hybridized carbons (Fsp3) is 0.929. The van der Waals surface area contributed by atoms with E-state index in [0.29, 0.717) is 17.9 Å². The van der Waals surface area contributed by atoms with Crippen LogP contribution >= 0.6 is 0 Å². The summed E-state index contributed by atoms with van der Waals surface area (Å²) in [6.45, 7) is 5.40. The lowest BCUT2D eigenvalue weighted by Gasteiger charge is -2.09. The highest BCUT2D eigenvalue weighted by Crippen LogP contribution is 2.18. The van der Waals surface area contributed by atoms with Crippen LogP contribution in [-0.4, -0.2) is 18.5 Å². The summed E-state index contributed by atoms with van der Waals surface area (Å²) in [5, 5.41) is 3.22. The Morgan fingerprint density at radius 1 is 1.29 bits per heavy atom. The number of aliphatic imine (C=N–C) groups is 1. The van der Waals surface area contributed by atoms with Crippen molar-refractivity contribution >= 4 is 5.96 Å². The fourth-order valence-corrected chi connectivity index (χ4v) is 1.92. The molecule has 3 N–H and O–H groups in total. The van der Waals surface area contributed by atoms with Crippen molar-refractivity contribution in [1.29, 1.82) is 0 Å². The van der Waals surface area contributed by atoms with Crippen molar-refractivity contribution in [2.24, 2.45) is 16.6 Å². The monoisotopic (exact) mass is 239 g/mol. The van der Waals surface area contributed by atoms with Crippen molar-refractivity contribution in [2.45, 2.75) is 71.3 Å². The van der Waals surface area contributed by atoms with Crippen LogP contribution in [0.15, 0.2) is 4.99 Å². The Morgan fingerprint density at radius 3 is 2.65 bits per heavy atom. The number of nitrogens with two attached hydrogens (primary N) is 1. The highest BCUT2D eigenvalue weighted by atomic mass is 15.1. The van der Waals surface area contributed by atoms with Crippen molar-refractivity contribution < 1.29 is 0 Å². The van der Waals surface area contributed by atoms with E-state index in [1.165, 1.54) is 51.4 Å². The predicted octanol–water partition coefficient (Wildman–Crippen LogP) is 3.05. The molecular weight excluding hydrogens is 210 g/mol. The second-order valence-corrected chi connectivity index (χ2v) is 5.45. The largest absolute Gasteiger partial charge is 0.370 e. The van der Waals surface area contributed by atoms with Crippen LogP contribution in [0.4, 0.5) is 0 Å². The molecule has 1 aliphatic carbocycles. The van der Waals surface area contributed by atoms with Crippen LogP contribution in [0.1, 0.15) is 65.2 Å². The van der Waals surface area contributed by atoms with Crippen molar-refractivity contribution in [2.75, 3.05) is 6.54 Å². The Kier molecular flexibility index (Phi) is 7.06. The van der Waals surface area contributed by atoms with E-state index in [-0.39, 0.29) is 0 Å². The maximum Gasteiger partial charge on any atom is 0.188 e. The molecule has 0 aromatic rings. The summed E-state index contributed by atoms with van der Waals surface area (Å²) in [5.74, 6) is 1.31. The van der Waals surface area contributed by atoms with Crippen molar-refractivity contribution in [3.8, 4) is 0 Å². The van der Waals surface area contributed by atoms with Gasteiger partial charge in [-0.25, -0.2) is 0 Å². The molecular formula is C14H29N3. The Bertz CT molecular complexity index is 222. The van der Waals surface area contributed by atoms with Gasteiger partial charge in [0.05, 0.1) is 0 Å². The molecule has 0 aromatic carbocycles. The zero-order valence-corrected chi connectivity index (χ0v) is 11.5. The minimum absolute atomic E-state index is 0.614. The summed E-state index contributed by atoms with van der Waals surface area (Å²) in [5.41, 5.74) is 5.80. The molecule has 1 rings (SSSR count). The lowest BCUT2D eigenvalue weighted by Crippen LogP contribution is -2.33. The molecule has 100 valence electrons. The van der Waals surface area contributed by atoms with E-state index in [4.69, 9.17) is 5.73 Å². The molecule has 0 heterocycles. The van der Waals surface area contributed by atoms with Crippen molar-refractivity contribution in [1.82, 2.24) is 5.32 Å². The molecule has 0 amide bonds. The molecule has 1 aliphatic rings. The number of guanidine groups is 1. The van der Waals surface area contributed by atoms with E-state index in [9.17, 15) is 0 Å². The number of nitrogens with one attached hydrogen (secondary N) is 1. The summed E-state index contributed by atoms with van der Waals surface area (Å²) in [7, 11) is 0. The van der Waals surface area contributed by atoms with E-state index >= 15 is 0 Å². The van der Waals surface area contributed by atoms with Gasteiger partial charge < -0.3 is 11.1 Å². The van der Waals surface area contributed by atoms with Gasteiger partial charge in [-0.15, -0.1) is 0 Å². The first kappa shape index (κ1) is 14.3. The molecule has 1 fully saturated rings. The van der Waals surface area contributed by atoms with E-state index in [1.54, 1.807) is 0 Å². The van der Waals surface area contributed by atoms with Crippen LogP contribution in [-0.2, 0) is 0 Å².